The zero-order chi connectivity index (χ0) is 14.3. The van der Waals surface area contributed by atoms with Crippen LogP contribution >= 0.6 is 0 Å². The van der Waals surface area contributed by atoms with Gasteiger partial charge in [0.1, 0.15) is 0 Å². The molecule has 3 rings (SSSR count). The van der Waals surface area contributed by atoms with Gasteiger partial charge in [0.25, 0.3) is 5.91 Å². The van der Waals surface area contributed by atoms with Crippen molar-refractivity contribution >= 4 is 5.91 Å². The Kier molecular flexibility index (Phi) is 3.08. The number of benzene rings is 1. The molecule has 4 heteroatoms. The highest BCUT2D eigenvalue weighted by Gasteiger charge is 2.25. The van der Waals surface area contributed by atoms with Crippen molar-refractivity contribution in [3.8, 4) is 0 Å². The SMILES string of the molecule is Cc1ccc(C)c(C(=O)N2CCc3ncn(C)c3C2)c1. The first kappa shape index (κ1) is 12.9. The molecule has 0 fully saturated rings. The summed E-state index contributed by atoms with van der Waals surface area (Å²) in [6.07, 6.45) is 2.67. The first-order valence-electron chi connectivity index (χ1n) is 6.92. The average molecular weight is 269 g/mol. The van der Waals surface area contributed by atoms with E-state index in [0.717, 1.165) is 41.0 Å². The van der Waals surface area contributed by atoms with Crippen molar-refractivity contribution in [2.75, 3.05) is 6.54 Å². The van der Waals surface area contributed by atoms with Crippen LogP contribution in [0, 0.1) is 13.8 Å². The van der Waals surface area contributed by atoms with Crippen LogP contribution in [0.3, 0.4) is 0 Å². The molecular weight excluding hydrogens is 250 g/mol. The number of aryl methyl sites for hydroxylation is 3. The fraction of sp³-hybridized carbons (Fsp3) is 0.375. The highest BCUT2D eigenvalue weighted by molar-refractivity contribution is 5.95. The minimum Gasteiger partial charge on any atom is -0.336 e. The zero-order valence-corrected chi connectivity index (χ0v) is 12.2. The van der Waals surface area contributed by atoms with Crippen LogP contribution < -0.4 is 0 Å². The second-order valence-corrected chi connectivity index (χ2v) is 5.54. The summed E-state index contributed by atoms with van der Waals surface area (Å²) in [4.78, 5) is 19.0. The Hall–Kier alpha value is -2.10. The molecule has 20 heavy (non-hydrogen) atoms. The number of fused-ring (bicyclic) bond motifs is 1. The molecule has 0 radical (unpaired) electrons. The molecule has 2 heterocycles. The number of aromatic nitrogens is 2. The van der Waals surface area contributed by atoms with Gasteiger partial charge in [-0.25, -0.2) is 4.98 Å². The number of nitrogens with zero attached hydrogens (tertiary/aromatic N) is 3. The van der Waals surface area contributed by atoms with Crippen molar-refractivity contribution in [2.45, 2.75) is 26.8 Å². The van der Waals surface area contributed by atoms with E-state index in [-0.39, 0.29) is 5.91 Å². The molecule has 1 aliphatic heterocycles. The van der Waals surface area contributed by atoms with E-state index in [2.05, 4.69) is 4.98 Å². The fourth-order valence-corrected chi connectivity index (χ4v) is 2.73. The lowest BCUT2D eigenvalue weighted by molar-refractivity contribution is 0.0729. The highest BCUT2D eigenvalue weighted by atomic mass is 16.2. The van der Waals surface area contributed by atoms with Gasteiger partial charge in [-0.3, -0.25) is 4.79 Å². The maximum Gasteiger partial charge on any atom is 0.254 e. The molecule has 0 aliphatic carbocycles. The quantitative estimate of drug-likeness (QED) is 0.796. The van der Waals surface area contributed by atoms with Gasteiger partial charge in [0.05, 0.1) is 24.3 Å². The highest BCUT2D eigenvalue weighted by Crippen LogP contribution is 2.20. The minimum absolute atomic E-state index is 0.123. The van der Waals surface area contributed by atoms with Crippen molar-refractivity contribution in [2.24, 2.45) is 7.05 Å². The normalized spacial score (nSPS) is 14.2. The van der Waals surface area contributed by atoms with Crippen LogP contribution in [0.5, 0.6) is 0 Å². The molecule has 2 aromatic rings. The summed E-state index contributed by atoms with van der Waals surface area (Å²) in [6, 6.07) is 6.04. The number of carbonyl (C=O) groups is 1. The molecule has 4 nitrogen and oxygen atoms in total. The van der Waals surface area contributed by atoms with Gasteiger partial charge in [-0.15, -0.1) is 0 Å². The Bertz CT molecular complexity index is 672. The molecule has 1 aromatic heterocycles. The third kappa shape index (κ3) is 2.11. The van der Waals surface area contributed by atoms with Gasteiger partial charge >= 0.3 is 0 Å². The largest absolute Gasteiger partial charge is 0.336 e. The predicted molar refractivity (Wildman–Crippen MR) is 77.6 cm³/mol. The lowest BCUT2D eigenvalue weighted by atomic mass is 10.0. The standard InChI is InChI=1S/C16H19N3O/c1-11-4-5-12(2)13(8-11)16(20)19-7-6-14-15(9-19)18(3)10-17-14/h4-5,8,10H,6-7,9H2,1-3H3. The lowest BCUT2D eigenvalue weighted by Gasteiger charge is -2.28. The second-order valence-electron chi connectivity index (χ2n) is 5.54. The molecule has 0 saturated carbocycles. The monoisotopic (exact) mass is 269 g/mol. The lowest BCUT2D eigenvalue weighted by Crippen LogP contribution is -2.37. The first-order valence-corrected chi connectivity index (χ1v) is 6.92. The number of hydrogen-bond acceptors (Lipinski definition) is 2. The van der Waals surface area contributed by atoms with Gasteiger partial charge in [0, 0.05) is 25.6 Å². The van der Waals surface area contributed by atoms with Gasteiger partial charge in [-0.2, -0.15) is 0 Å². The van der Waals surface area contributed by atoms with Gasteiger partial charge in [0.15, 0.2) is 0 Å². The van der Waals surface area contributed by atoms with Crippen molar-refractivity contribution in [3.05, 3.63) is 52.6 Å². The summed E-state index contributed by atoms with van der Waals surface area (Å²) in [7, 11) is 1.98. The Morgan fingerprint density at radius 2 is 2.10 bits per heavy atom. The molecule has 1 amide bonds. The van der Waals surface area contributed by atoms with Crippen LogP contribution in [0.4, 0.5) is 0 Å². The van der Waals surface area contributed by atoms with E-state index in [1.54, 1.807) is 0 Å². The summed E-state index contributed by atoms with van der Waals surface area (Å²) < 4.78 is 2.01. The van der Waals surface area contributed by atoms with Crippen LogP contribution in [0.15, 0.2) is 24.5 Å². The maximum absolute atomic E-state index is 12.7. The summed E-state index contributed by atoms with van der Waals surface area (Å²) in [5, 5.41) is 0. The number of carbonyl (C=O) groups excluding carboxylic acids is 1. The Labute approximate surface area is 119 Å². The van der Waals surface area contributed by atoms with Gasteiger partial charge in [-0.1, -0.05) is 17.7 Å². The van der Waals surface area contributed by atoms with Crippen molar-refractivity contribution in [3.63, 3.8) is 0 Å². The molecular formula is C16H19N3O. The van der Waals surface area contributed by atoms with Crippen LogP contribution in [-0.2, 0) is 20.0 Å². The third-order valence-electron chi connectivity index (χ3n) is 4.02. The molecule has 1 aromatic carbocycles. The maximum atomic E-state index is 12.7. The molecule has 0 bridgehead atoms. The number of hydrogen-bond donors (Lipinski definition) is 0. The molecule has 104 valence electrons. The summed E-state index contributed by atoms with van der Waals surface area (Å²) in [5.41, 5.74) is 5.25. The van der Waals surface area contributed by atoms with Gasteiger partial charge < -0.3 is 9.47 Å². The first-order chi connectivity index (χ1) is 9.56. The van der Waals surface area contributed by atoms with E-state index in [9.17, 15) is 4.79 Å². The third-order valence-corrected chi connectivity index (χ3v) is 4.02. The van der Waals surface area contributed by atoms with Gasteiger partial charge in [-0.05, 0) is 25.5 Å². The smallest absolute Gasteiger partial charge is 0.254 e. The number of imidazole rings is 1. The van der Waals surface area contributed by atoms with Crippen LogP contribution in [0.25, 0.3) is 0 Å². The van der Waals surface area contributed by atoms with Crippen LogP contribution in [-0.4, -0.2) is 26.9 Å². The molecule has 0 atom stereocenters. The summed E-state index contributed by atoms with van der Waals surface area (Å²) >= 11 is 0. The predicted octanol–water partition coefficient (Wildman–Crippen LogP) is 2.24. The number of amides is 1. The van der Waals surface area contributed by atoms with Crippen LogP contribution in [0.1, 0.15) is 32.9 Å². The topological polar surface area (TPSA) is 38.1 Å². The molecule has 0 spiro atoms. The van der Waals surface area contributed by atoms with E-state index in [4.69, 9.17) is 0 Å². The van der Waals surface area contributed by atoms with E-state index in [0.29, 0.717) is 6.54 Å². The minimum atomic E-state index is 0.123. The fourth-order valence-electron chi connectivity index (χ4n) is 2.73. The molecule has 0 N–H and O–H groups in total. The Morgan fingerprint density at radius 1 is 1.30 bits per heavy atom. The van der Waals surface area contributed by atoms with E-state index < -0.39 is 0 Å². The van der Waals surface area contributed by atoms with E-state index >= 15 is 0 Å². The van der Waals surface area contributed by atoms with Gasteiger partial charge in [0.2, 0.25) is 0 Å². The Balaban J connectivity index is 1.89. The average Bonchev–Trinajstić information content (AvgIpc) is 2.82. The molecule has 0 unspecified atom stereocenters. The van der Waals surface area contributed by atoms with E-state index in [1.807, 2.05) is 54.9 Å². The van der Waals surface area contributed by atoms with E-state index in [1.165, 1.54) is 0 Å². The second kappa shape index (κ2) is 4.78. The summed E-state index contributed by atoms with van der Waals surface area (Å²) in [6.45, 7) is 5.41. The van der Waals surface area contributed by atoms with Crippen molar-refractivity contribution < 1.29 is 4.79 Å². The number of rotatable bonds is 1. The summed E-state index contributed by atoms with van der Waals surface area (Å²) in [5.74, 6) is 0.123. The van der Waals surface area contributed by atoms with Crippen molar-refractivity contribution in [1.82, 2.24) is 14.5 Å². The van der Waals surface area contributed by atoms with Crippen LogP contribution in [0.2, 0.25) is 0 Å². The Morgan fingerprint density at radius 3 is 2.90 bits per heavy atom. The molecule has 0 saturated heterocycles. The molecule has 1 aliphatic rings. The van der Waals surface area contributed by atoms with Crippen molar-refractivity contribution in [1.29, 1.82) is 0 Å². The zero-order valence-electron chi connectivity index (χ0n) is 12.2.